The molecule has 1 atom stereocenters. The summed E-state index contributed by atoms with van der Waals surface area (Å²) in [7, 11) is 0. The summed E-state index contributed by atoms with van der Waals surface area (Å²) >= 11 is 0. The first-order valence-corrected chi connectivity index (χ1v) is 13.1. The average molecular weight is 515 g/mol. The highest BCUT2D eigenvalue weighted by Crippen LogP contribution is 2.41. The van der Waals surface area contributed by atoms with Crippen molar-refractivity contribution < 1.29 is 28.9 Å². The molecule has 1 aromatic heterocycles. The number of aliphatic hydroxyl groups excluding tert-OH is 1. The van der Waals surface area contributed by atoms with Crippen molar-refractivity contribution in [2.24, 2.45) is 0 Å². The molecule has 1 aromatic carbocycles. The number of likely N-dealkylation sites (tertiary alicyclic amines) is 1. The SMILES string of the molecule is CCCCc1cn(CC(O)COc2ccc3c(c2)OC2(CCN(C(=O)OC(C)(C)C)CC2)CC3=O)nn1. The highest BCUT2D eigenvalue weighted by atomic mass is 16.6. The van der Waals surface area contributed by atoms with Crippen LogP contribution in [-0.2, 0) is 17.7 Å². The van der Waals surface area contributed by atoms with Crippen LogP contribution in [0.4, 0.5) is 4.79 Å². The number of carbonyl (C=O) groups is 2. The first kappa shape index (κ1) is 26.9. The molecule has 3 heterocycles. The van der Waals surface area contributed by atoms with Crippen molar-refractivity contribution >= 4 is 11.9 Å². The number of ketones is 1. The van der Waals surface area contributed by atoms with E-state index in [1.807, 2.05) is 27.0 Å². The van der Waals surface area contributed by atoms with Gasteiger partial charge in [-0.05, 0) is 45.7 Å². The van der Waals surface area contributed by atoms with E-state index in [1.165, 1.54) is 0 Å². The number of Topliss-reactive ketones (excluding diaryl/α,β-unsaturated/α-hetero) is 1. The molecule has 10 heteroatoms. The third-order valence-electron chi connectivity index (χ3n) is 6.60. The molecule has 2 aliphatic rings. The molecule has 10 nitrogen and oxygen atoms in total. The number of carbonyl (C=O) groups excluding carboxylic acids is 2. The van der Waals surface area contributed by atoms with E-state index in [0.717, 1.165) is 25.0 Å². The summed E-state index contributed by atoms with van der Waals surface area (Å²) in [5.74, 6) is 1.01. The van der Waals surface area contributed by atoms with E-state index in [9.17, 15) is 14.7 Å². The number of amides is 1. The van der Waals surface area contributed by atoms with Gasteiger partial charge in [-0.1, -0.05) is 18.6 Å². The Labute approximate surface area is 217 Å². The number of hydrogen-bond acceptors (Lipinski definition) is 8. The molecule has 0 saturated carbocycles. The number of rotatable bonds is 8. The second-order valence-electron chi connectivity index (χ2n) is 11.0. The molecule has 1 amide bonds. The van der Waals surface area contributed by atoms with Crippen LogP contribution in [0.1, 0.15) is 75.9 Å². The fourth-order valence-electron chi connectivity index (χ4n) is 4.63. The fraction of sp³-hybridized carbons (Fsp3) is 0.630. The molecule has 0 radical (unpaired) electrons. The molecule has 1 saturated heterocycles. The van der Waals surface area contributed by atoms with Gasteiger partial charge in [-0.25, -0.2) is 9.48 Å². The summed E-state index contributed by atoms with van der Waals surface area (Å²) in [5, 5.41) is 18.6. The van der Waals surface area contributed by atoms with Crippen LogP contribution in [0.25, 0.3) is 0 Å². The van der Waals surface area contributed by atoms with Gasteiger partial charge in [0.15, 0.2) is 5.78 Å². The van der Waals surface area contributed by atoms with Gasteiger partial charge in [0.2, 0.25) is 0 Å². The van der Waals surface area contributed by atoms with Crippen LogP contribution in [0.2, 0.25) is 0 Å². The van der Waals surface area contributed by atoms with E-state index in [1.54, 1.807) is 27.8 Å². The lowest BCUT2D eigenvalue weighted by Crippen LogP contribution is -2.52. The molecule has 1 spiro atoms. The molecular formula is C27H38N4O6. The maximum atomic E-state index is 12.9. The number of ether oxygens (including phenoxy) is 3. The minimum Gasteiger partial charge on any atom is -0.491 e. The number of nitrogens with zero attached hydrogens (tertiary/aromatic N) is 4. The largest absolute Gasteiger partial charge is 0.491 e. The maximum absolute atomic E-state index is 12.9. The Bertz CT molecular complexity index is 1100. The van der Waals surface area contributed by atoms with Gasteiger partial charge in [0, 0.05) is 38.2 Å². The Morgan fingerprint density at radius 1 is 1.27 bits per heavy atom. The van der Waals surface area contributed by atoms with Gasteiger partial charge in [-0.3, -0.25) is 4.79 Å². The zero-order chi connectivity index (χ0) is 26.6. The number of piperidine rings is 1. The molecule has 1 N–H and O–H groups in total. The van der Waals surface area contributed by atoms with Gasteiger partial charge in [0.1, 0.15) is 35.4 Å². The molecule has 202 valence electrons. The summed E-state index contributed by atoms with van der Waals surface area (Å²) in [5.41, 5.74) is 0.232. The second kappa shape index (κ2) is 11.1. The van der Waals surface area contributed by atoms with Crippen molar-refractivity contribution in [3.8, 4) is 11.5 Å². The minimum atomic E-state index is -0.775. The van der Waals surface area contributed by atoms with Gasteiger partial charge < -0.3 is 24.2 Å². The zero-order valence-corrected chi connectivity index (χ0v) is 22.2. The van der Waals surface area contributed by atoms with Crippen LogP contribution in [0, 0.1) is 0 Å². The van der Waals surface area contributed by atoms with Gasteiger partial charge in [-0.2, -0.15) is 0 Å². The van der Waals surface area contributed by atoms with Crippen LogP contribution >= 0.6 is 0 Å². The Hall–Kier alpha value is -3.14. The van der Waals surface area contributed by atoms with Crippen molar-refractivity contribution in [1.82, 2.24) is 19.9 Å². The Morgan fingerprint density at radius 3 is 2.73 bits per heavy atom. The Balaban J connectivity index is 1.33. The fourth-order valence-corrected chi connectivity index (χ4v) is 4.63. The summed E-state index contributed by atoms with van der Waals surface area (Å²) in [4.78, 5) is 27.0. The molecule has 0 aliphatic carbocycles. The number of aryl methyl sites for hydroxylation is 1. The third kappa shape index (κ3) is 7.00. The molecule has 2 aromatic rings. The van der Waals surface area contributed by atoms with Gasteiger partial charge in [0.05, 0.1) is 24.2 Å². The molecule has 1 fully saturated rings. The van der Waals surface area contributed by atoms with Crippen LogP contribution in [-0.4, -0.2) is 73.9 Å². The van der Waals surface area contributed by atoms with Crippen molar-refractivity contribution in [2.75, 3.05) is 19.7 Å². The molecule has 0 bridgehead atoms. The predicted octanol–water partition coefficient (Wildman–Crippen LogP) is 3.80. The van der Waals surface area contributed by atoms with Crippen LogP contribution in [0.5, 0.6) is 11.5 Å². The van der Waals surface area contributed by atoms with E-state index in [-0.39, 0.29) is 31.4 Å². The number of fused-ring (bicyclic) bond motifs is 1. The number of benzene rings is 1. The molecule has 2 aliphatic heterocycles. The standard InChI is InChI=1S/C27H38N4O6/c1-5-6-7-19-16-31(29-28-19)17-20(32)18-35-21-8-9-22-23(33)15-27(36-24(22)14-21)10-12-30(13-11-27)25(34)37-26(2,3)4/h8-9,14,16,20,32H,5-7,10-13,15,17-18H2,1-4H3. The molecule has 37 heavy (non-hydrogen) atoms. The van der Waals surface area contributed by atoms with Crippen LogP contribution < -0.4 is 9.47 Å². The highest BCUT2D eigenvalue weighted by molar-refractivity contribution is 6.00. The van der Waals surface area contributed by atoms with E-state index >= 15 is 0 Å². The predicted molar refractivity (Wildman–Crippen MR) is 136 cm³/mol. The minimum absolute atomic E-state index is 0.0172. The van der Waals surface area contributed by atoms with E-state index in [4.69, 9.17) is 14.2 Å². The van der Waals surface area contributed by atoms with Crippen molar-refractivity contribution in [3.63, 3.8) is 0 Å². The maximum Gasteiger partial charge on any atom is 0.410 e. The lowest BCUT2D eigenvalue weighted by Gasteiger charge is -2.44. The second-order valence-corrected chi connectivity index (χ2v) is 11.0. The van der Waals surface area contributed by atoms with Crippen molar-refractivity contribution in [1.29, 1.82) is 0 Å². The molecule has 1 unspecified atom stereocenters. The molecular weight excluding hydrogens is 476 g/mol. The average Bonchev–Trinajstić information content (AvgIpc) is 3.27. The summed E-state index contributed by atoms with van der Waals surface area (Å²) in [6.07, 6.45) is 5.10. The summed E-state index contributed by atoms with van der Waals surface area (Å²) < 4.78 is 19.3. The lowest BCUT2D eigenvalue weighted by atomic mass is 9.82. The highest BCUT2D eigenvalue weighted by Gasteiger charge is 2.44. The Morgan fingerprint density at radius 2 is 2.03 bits per heavy atom. The molecule has 4 rings (SSSR count). The lowest BCUT2D eigenvalue weighted by molar-refractivity contribution is -0.0227. The van der Waals surface area contributed by atoms with E-state index < -0.39 is 17.3 Å². The normalized spacial score (nSPS) is 17.8. The number of hydrogen-bond donors (Lipinski definition) is 1. The number of aromatic nitrogens is 3. The number of unbranched alkanes of at least 4 members (excludes halogenated alkanes) is 1. The monoisotopic (exact) mass is 514 g/mol. The first-order valence-electron chi connectivity index (χ1n) is 13.1. The first-order chi connectivity index (χ1) is 17.6. The summed E-state index contributed by atoms with van der Waals surface area (Å²) in [6.45, 7) is 8.91. The topological polar surface area (TPSA) is 116 Å². The van der Waals surface area contributed by atoms with Crippen molar-refractivity contribution in [2.45, 2.75) is 90.1 Å². The van der Waals surface area contributed by atoms with E-state index in [0.29, 0.717) is 43.0 Å². The van der Waals surface area contributed by atoms with Gasteiger partial charge >= 0.3 is 6.09 Å². The zero-order valence-electron chi connectivity index (χ0n) is 22.2. The van der Waals surface area contributed by atoms with Gasteiger partial charge in [0.25, 0.3) is 0 Å². The van der Waals surface area contributed by atoms with E-state index in [2.05, 4.69) is 17.2 Å². The summed E-state index contributed by atoms with van der Waals surface area (Å²) in [6, 6.07) is 5.13. The van der Waals surface area contributed by atoms with Gasteiger partial charge in [-0.15, -0.1) is 5.10 Å². The van der Waals surface area contributed by atoms with Crippen LogP contribution in [0.3, 0.4) is 0 Å². The van der Waals surface area contributed by atoms with Crippen molar-refractivity contribution in [3.05, 3.63) is 35.7 Å². The van der Waals surface area contributed by atoms with Crippen LogP contribution in [0.15, 0.2) is 24.4 Å². The third-order valence-corrected chi connectivity index (χ3v) is 6.60. The number of aliphatic hydroxyl groups is 1. The quantitative estimate of drug-likeness (QED) is 0.566. The smallest absolute Gasteiger partial charge is 0.410 e. The Kier molecular flexibility index (Phi) is 8.06.